The SMILES string of the molecule is CCN1N=CN(C(Cl)(Cl)Cl)C1C(Cl)(Cl)C(Cl)(Cl)Cl. The largest absolute Gasteiger partial charge is 0.291 e. The number of alkyl halides is 8. The fourth-order valence-electron chi connectivity index (χ4n) is 1.36. The Labute approximate surface area is 145 Å². The molecule has 1 aliphatic rings. The lowest BCUT2D eigenvalue weighted by atomic mass is 10.3. The summed E-state index contributed by atoms with van der Waals surface area (Å²) in [6.45, 7) is 2.23. The van der Waals surface area contributed by atoms with E-state index < -0.39 is 18.2 Å². The molecule has 1 heterocycles. The monoisotopic (exact) mass is 413 g/mol. The normalized spacial score (nSPS) is 21.9. The lowest BCUT2D eigenvalue weighted by Gasteiger charge is -2.43. The van der Waals surface area contributed by atoms with Gasteiger partial charge in [-0.15, -0.1) is 0 Å². The number of rotatable bonds is 2. The van der Waals surface area contributed by atoms with Crippen LogP contribution in [0.1, 0.15) is 6.92 Å². The summed E-state index contributed by atoms with van der Waals surface area (Å²) < 4.78 is -5.70. The van der Waals surface area contributed by atoms with Gasteiger partial charge in [0.2, 0.25) is 8.13 Å². The van der Waals surface area contributed by atoms with Crippen molar-refractivity contribution in [2.24, 2.45) is 5.10 Å². The van der Waals surface area contributed by atoms with Crippen LogP contribution in [0.5, 0.6) is 0 Å². The molecule has 0 spiro atoms. The molecule has 106 valence electrons. The summed E-state index contributed by atoms with van der Waals surface area (Å²) in [5.41, 5.74) is 0. The van der Waals surface area contributed by atoms with Crippen molar-refractivity contribution in [2.45, 2.75) is 25.1 Å². The van der Waals surface area contributed by atoms with E-state index in [4.69, 9.17) is 92.8 Å². The Bertz CT molecular complexity index is 333. The minimum Gasteiger partial charge on any atom is -0.291 e. The Kier molecular flexibility index (Phi) is 5.65. The van der Waals surface area contributed by atoms with E-state index in [9.17, 15) is 0 Å². The molecular weight excluding hydrogens is 410 g/mol. The van der Waals surface area contributed by atoms with E-state index in [2.05, 4.69) is 5.10 Å². The number of nitrogens with zero attached hydrogens (tertiary/aromatic N) is 3. The summed E-state index contributed by atoms with van der Waals surface area (Å²) in [5, 5.41) is 5.45. The van der Waals surface area contributed by atoms with Crippen LogP contribution in [0.4, 0.5) is 0 Å². The third-order valence-electron chi connectivity index (χ3n) is 2.19. The number of hydrogen-bond acceptors (Lipinski definition) is 3. The maximum absolute atomic E-state index is 6.12. The second-order valence-electron chi connectivity index (χ2n) is 3.36. The lowest BCUT2D eigenvalue weighted by Crippen LogP contribution is -2.59. The van der Waals surface area contributed by atoms with Gasteiger partial charge in [-0.2, -0.15) is 5.10 Å². The van der Waals surface area contributed by atoms with E-state index in [-0.39, 0.29) is 0 Å². The standard InChI is InChI=1S/C7H7Cl8N3/c1-2-18-4(5(8,9)6(10,11)12)17(3-16-18)7(13,14)15/h3-4H,2H2,1H3. The first-order valence-corrected chi connectivity index (χ1v) is 7.55. The molecule has 18 heavy (non-hydrogen) atoms. The van der Waals surface area contributed by atoms with Crippen molar-refractivity contribution in [3.05, 3.63) is 0 Å². The molecule has 0 aromatic carbocycles. The molecule has 1 aliphatic heterocycles. The third-order valence-corrected chi connectivity index (χ3v) is 5.21. The Hall–Kier alpha value is 1.59. The summed E-state index contributed by atoms with van der Waals surface area (Å²) in [6, 6.07) is 0. The van der Waals surface area contributed by atoms with Crippen molar-refractivity contribution >= 4 is 99.1 Å². The Balaban J connectivity index is 3.16. The maximum atomic E-state index is 6.12. The molecule has 0 saturated carbocycles. The lowest BCUT2D eigenvalue weighted by molar-refractivity contribution is 0.120. The van der Waals surface area contributed by atoms with E-state index in [0.29, 0.717) is 6.54 Å². The average Bonchev–Trinajstić information content (AvgIpc) is 2.58. The highest BCUT2D eigenvalue weighted by molar-refractivity contribution is 6.76. The summed E-state index contributed by atoms with van der Waals surface area (Å²) in [5.74, 6) is 0. The van der Waals surface area contributed by atoms with Crippen LogP contribution in [-0.2, 0) is 0 Å². The zero-order valence-electron chi connectivity index (χ0n) is 8.73. The van der Waals surface area contributed by atoms with Crippen molar-refractivity contribution in [1.82, 2.24) is 9.91 Å². The molecule has 0 aromatic rings. The predicted octanol–water partition coefficient (Wildman–Crippen LogP) is 4.77. The summed E-state index contributed by atoms with van der Waals surface area (Å²) in [6.07, 6.45) is 0.336. The zero-order chi connectivity index (χ0) is 14.4. The van der Waals surface area contributed by atoms with Crippen LogP contribution in [-0.4, -0.2) is 41.0 Å². The van der Waals surface area contributed by atoms with Crippen LogP contribution in [0.25, 0.3) is 0 Å². The molecule has 0 aliphatic carbocycles. The molecule has 11 heteroatoms. The summed E-state index contributed by atoms with van der Waals surface area (Å²) >= 11 is 47.0. The summed E-state index contributed by atoms with van der Waals surface area (Å²) in [4.78, 5) is 1.18. The highest BCUT2D eigenvalue weighted by atomic mass is 35.6. The first-order valence-electron chi connectivity index (χ1n) is 4.53. The molecule has 3 nitrogen and oxygen atoms in total. The van der Waals surface area contributed by atoms with Gasteiger partial charge in [0.1, 0.15) is 6.34 Å². The first kappa shape index (κ1) is 17.6. The van der Waals surface area contributed by atoms with E-state index in [1.165, 1.54) is 16.2 Å². The smallest absolute Gasteiger partial charge is 0.270 e. The molecule has 1 unspecified atom stereocenters. The van der Waals surface area contributed by atoms with Gasteiger partial charge in [0, 0.05) is 6.54 Å². The van der Waals surface area contributed by atoms with Gasteiger partial charge in [-0.1, -0.05) is 92.8 Å². The van der Waals surface area contributed by atoms with Gasteiger partial charge < -0.3 is 0 Å². The quantitative estimate of drug-likeness (QED) is 0.477. The fraction of sp³-hybridized carbons (Fsp3) is 0.857. The molecule has 0 fully saturated rings. The number of hydrogen-bond donors (Lipinski definition) is 0. The molecule has 0 aromatic heterocycles. The van der Waals surface area contributed by atoms with Crippen molar-refractivity contribution in [3.8, 4) is 0 Å². The molecule has 1 atom stereocenters. The Morgan fingerprint density at radius 2 is 1.56 bits per heavy atom. The number of halogens is 8. The highest BCUT2D eigenvalue weighted by Gasteiger charge is 2.59. The van der Waals surface area contributed by atoms with E-state index in [0.717, 1.165) is 0 Å². The van der Waals surface area contributed by atoms with Crippen LogP contribution >= 0.6 is 92.8 Å². The molecule has 0 saturated heterocycles. The predicted molar refractivity (Wildman–Crippen MR) is 81.5 cm³/mol. The van der Waals surface area contributed by atoms with Crippen molar-refractivity contribution in [3.63, 3.8) is 0 Å². The van der Waals surface area contributed by atoms with Gasteiger partial charge in [-0.25, -0.2) is 0 Å². The van der Waals surface area contributed by atoms with Crippen LogP contribution in [0.15, 0.2) is 5.10 Å². The van der Waals surface area contributed by atoms with Crippen molar-refractivity contribution < 1.29 is 0 Å². The second kappa shape index (κ2) is 5.76. The van der Waals surface area contributed by atoms with Gasteiger partial charge in [-0.3, -0.25) is 9.91 Å². The summed E-state index contributed by atoms with van der Waals surface area (Å²) in [7, 11) is 0. The minimum atomic E-state index is -2.00. The molecule has 0 radical (unpaired) electrons. The van der Waals surface area contributed by atoms with Gasteiger partial charge in [0.25, 0.3) is 3.92 Å². The van der Waals surface area contributed by atoms with E-state index in [1.54, 1.807) is 6.92 Å². The molecule has 0 amide bonds. The highest BCUT2D eigenvalue weighted by Crippen LogP contribution is 2.52. The van der Waals surface area contributed by atoms with Gasteiger partial charge >= 0.3 is 0 Å². The van der Waals surface area contributed by atoms with Gasteiger partial charge in [0.05, 0.1) is 0 Å². The van der Waals surface area contributed by atoms with E-state index in [1.807, 2.05) is 0 Å². The zero-order valence-corrected chi connectivity index (χ0v) is 14.8. The minimum absolute atomic E-state index is 0.431. The van der Waals surface area contributed by atoms with Gasteiger partial charge in [0.15, 0.2) is 6.17 Å². The van der Waals surface area contributed by atoms with Gasteiger partial charge in [-0.05, 0) is 6.92 Å². The van der Waals surface area contributed by atoms with Crippen molar-refractivity contribution in [1.29, 1.82) is 0 Å². The Morgan fingerprint density at radius 3 is 1.89 bits per heavy atom. The van der Waals surface area contributed by atoms with Crippen LogP contribution < -0.4 is 0 Å². The van der Waals surface area contributed by atoms with Crippen molar-refractivity contribution in [2.75, 3.05) is 6.54 Å². The fourth-order valence-corrected chi connectivity index (χ4v) is 2.50. The molecule has 0 N–H and O–H groups in total. The average molecular weight is 417 g/mol. The van der Waals surface area contributed by atoms with Crippen LogP contribution in [0.3, 0.4) is 0 Å². The second-order valence-corrected chi connectivity index (χ2v) is 9.24. The molecule has 1 rings (SSSR count). The van der Waals surface area contributed by atoms with Crippen LogP contribution in [0.2, 0.25) is 0 Å². The first-order chi connectivity index (χ1) is 7.93. The number of hydrazone groups is 1. The Morgan fingerprint density at radius 1 is 1.06 bits per heavy atom. The van der Waals surface area contributed by atoms with Crippen LogP contribution in [0, 0.1) is 0 Å². The maximum Gasteiger partial charge on any atom is 0.270 e. The molecule has 0 bridgehead atoms. The third kappa shape index (κ3) is 3.43. The van der Waals surface area contributed by atoms with E-state index >= 15 is 0 Å². The topological polar surface area (TPSA) is 18.8 Å². The molecular formula is C7H7Cl8N3.